The first-order valence-electron chi connectivity index (χ1n) is 8.37. The largest absolute Gasteiger partial charge is 0.488 e. The van der Waals surface area contributed by atoms with Gasteiger partial charge >= 0.3 is 0 Å². The maximum Gasteiger partial charge on any atom is 0.242 e. The molecule has 2 aromatic rings. The van der Waals surface area contributed by atoms with Gasteiger partial charge in [0.1, 0.15) is 12.4 Å². The zero-order valence-corrected chi connectivity index (χ0v) is 14.1. The average Bonchev–Trinajstić information content (AvgIpc) is 2.68. The fourth-order valence-electron chi connectivity index (χ4n) is 3.05. The third kappa shape index (κ3) is 3.15. The number of ether oxygens (including phenoxy) is 2. The van der Waals surface area contributed by atoms with Crippen molar-refractivity contribution in [2.75, 3.05) is 44.8 Å². The van der Waals surface area contributed by atoms with Gasteiger partial charge in [-0.2, -0.15) is 0 Å². The van der Waals surface area contributed by atoms with Gasteiger partial charge in [0.2, 0.25) is 11.9 Å². The number of fused-ring (bicyclic) bond motifs is 3. The van der Waals surface area contributed by atoms with E-state index in [4.69, 9.17) is 14.5 Å². The number of anilines is 1. The Kier molecular flexibility index (Phi) is 4.23. The van der Waals surface area contributed by atoms with Crippen molar-refractivity contribution in [3.05, 3.63) is 36.0 Å². The summed E-state index contributed by atoms with van der Waals surface area (Å²) in [5, 5.41) is 0. The van der Waals surface area contributed by atoms with Crippen LogP contribution in [-0.2, 0) is 16.1 Å². The summed E-state index contributed by atoms with van der Waals surface area (Å²) in [5.74, 6) is 1.43. The maximum atomic E-state index is 12.4. The fraction of sp³-hybridized carbons (Fsp3) is 0.389. The molecule has 0 saturated carbocycles. The second-order valence-corrected chi connectivity index (χ2v) is 6.18. The second-order valence-electron chi connectivity index (χ2n) is 6.18. The second kappa shape index (κ2) is 6.68. The van der Waals surface area contributed by atoms with Crippen molar-refractivity contribution in [1.82, 2.24) is 14.9 Å². The van der Waals surface area contributed by atoms with Gasteiger partial charge in [-0.1, -0.05) is 12.1 Å². The lowest BCUT2D eigenvalue weighted by Gasteiger charge is -2.29. The van der Waals surface area contributed by atoms with Gasteiger partial charge in [0.05, 0.1) is 25.5 Å². The van der Waals surface area contributed by atoms with Gasteiger partial charge in [0, 0.05) is 37.5 Å². The summed E-state index contributed by atoms with van der Waals surface area (Å²) >= 11 is 0. The van der Waals surface area contributed by atoms with Crippen LogP contribution in [-0.4, -0.2) is 60.7 Å². The van der Waals surface area contributed by atoms with Crippen LogP contribution in [0.25, 0.3) is 11.3 Å². The van der Waals surface area contributed by atoms with Crippen molar-refractivity contribution in [3.63, 3.8) is 0 Å². The third-order valence-corrected chi connectivity index (χ3v) is 4.45. The molecule has 130 valence electrons. The molecule has 1 amide bonds. The Hall–Kier alpha value is -2.67. The first-order valence-corrected chi connectivity index (χ1v) is 8.37. The number of benzene rings is 1. The van der Waals surface area contributed by atoms with Crippen LogP contribution in [0.15, 0.2) is 30.5 Å². The number of morpholine rings is 1. The molecule has 1 fully saturated rings. The van der Waals surface area contributed by atoms with Gasteiger partial charge in [-0.3, -0.25) is 4.79 Å². The van der Waals surface area contributed by atoms with Crippen LogP contribution in [0.1, 0.15) is 5.56 Å². The Morgan fingerprint density at radius 1 is 1.28 bits per heavy atom. The van der Waals surface area contributed by atoms with E-state index in [1.165, 1.54) is 0 Å². The molecule has 4 rings (SSSR count). The molecule has 2 aliphatic rings. The molecule has 7 nitrogen and oxygen atoms in total. The molecular weight excluding hydrogens is 320 g/mol. The highest BCUT2D eigenvalue weighted by Gasteiger charge is 2.22. The van der Waals surface area contributed by atoms with Crippen LogP contribution in [0.5, 0.6) is 5.75 Å². The molecule has 0 radical (unpaired) electrons. The normalized spacial score (nSPS) is 15.8. The minimum atomic E-state index is 0.0656. The topological polar surface area (TPSA) is 67.8 Å². The number of rotatable bonds is 3. The zero-order chi connectivity index (χ0) is 17.2. The zero-order valence-electron chi connectivity index (χ0n) is 14.1. The number of carbonyl (C=O) groups excluding carboxylic acids is 1. The monoisotopic (exact) mass is 340 g/mol. The molecule has 0 atom stereocenters. The molecule has 1 aromatic heterocycles. The minimum Gasteiger partial charge on any atom is -0.488 e. The van der Waals surface area contributed by atoms with Gasteiger partial charge in [-0.05, 0) is 12.1 Å². The molecule has 0 spiro atoms. The lowest BCUT2D eigenvalue weighted by atomic mass is 10.0. The highest BCUT2D eigenvalue weighted by molar-refractivity contribution is 5.81. The SMILES string of the molecule is CN(CC(=O)N1CCOCC1)c1ncc2c(n1)-c1ccccc1OC2. The van der Waals surface area contributed by atoms with Crippen molar-refractivity contribution in [2.24, 2.45) is 0 Å². The van der Waals surface area contributed by atoms with E-state index in [0.29, 0.717) is 38.9 Å². The van der Waals surface area contributed by atoms with E-state index in [2.05, 4.69) is 4.98 Å². The highest BCUT2D eigenvalue weighted by Crippen LogP contribution is 2.36. The molecule has 1 saturated heterocycles. The Morgan fingerprint density at radius 3 is 2.92 bits per heavy atom. The number of hydrogen-bond donors (Lipinski definition) is 0. The van der Waals surface area contributed by atoms with Crippen molar-refractivity contribution >= 4 is 11.9 Å². The predicted molar refractivity (Wildman–Crippen MR) is 92.5 cm³/mol. The molecule has 0 unspecified atom stereocenters. The Labute approximate surface area is 146 Å². The lowest BCUT2D eigenvalue weighted by Crippen LogP contribution is -2.45. The molecule has 0 aliphatic carbocycles. The van der Waals surface area contributed by atoms with Gasteiger partial charge in [0.25, 0.3) is 0 Å². The van der Waals surface area contributed by atoms with E-state index in [1.807, 2.05) is 36.2 Å². The summed E-state index contributed by atoms with van der Waals surface area (Å²) in [6.45, 7) is 3.19. The summed E-state index contributed by atoms with van der Waals surface area (Å²) in [7, 11) is 1.84. The average molecular weight is 340 g/mol. The quantitative estimate of drug-likeness (QED) is 0.840. The van der Waals surface area contributed by atoms with Crippen LogP contribution < -0.4 is 9.64 Å². The summed E-state index contributed by atoms with van der Waals surface area (Å²) in [4.78, 5) is 25.1. The number of para-hydroxylation sites is 1. The van der Waals surface area contributed by atoms with Crippen LogP contribution in [0.3, 0.4) is 0 Å². The lowest BCUT2D eigenvalue weighted by molar-refractivity contribution is -0.133. The molecule has 3 heterocycles. The van der Waals surface area contributed by atoms with Crippen LogP contribution >= 0.6 is 0 Å². The van der Waals surface area contributed by atoms with E-state index in [1.54, 1.807) is 11.1 Å². The minimum absolute atomic E-state index is 0.0656. The van der Waals surface area contributed by atoms with Crippen LogP contribution in [0, 0.1) is 0 Å². The van der Waals surface area contributed by atoms with Crippen molar-refractivity contribution < 1.29 is 14.3 Å². The standard InChI is InChI=1S/C18H20N4O3/c1-21(11-16(23)22-6-8-24-9-7-22)18-19-10-13-12-25-15-5-3-2-4-14(15)17(13)20-18/h2-5,10H,6-9,11-12H2,1H3. The van der Waals surface area contributed by atoms with E-state index < -0.39 is 0 Å². The van der Waals surface area contributed by atoms with E-state index >= 15 is 0 Å². The summed E-state index contributed by atoms with van der Waals surface area (Å²) in [6.07, 6.45) is 1.78. The molecule has 2 aliphatic heterocycles. The van der Waals surface area contributed by atoms with Gasteiger partial charge < -0.3 is 19.3 Å². The molecule has 7 heteroatoms. The predicted octanol–water partition coefficient (Wildman–Crippen LogP) is 1.33. The molecule has 1 aromatic carbocycles. The summed E-state index contributed by atoms with van der Waals surface area (Å²) in [6, 6.07) is 7.83. The number of aromatic nitrogens is 2. The number of hydrogen-bond acceptors (Lipinski definition) is 6. The smallest absolute Gasteiger partial charge is 0.242 e. The summed E-state index contributed by atoms with van der Waals surface area (Å²) in [5.41, 5.74) is 2.79. The van der Waals surface area contributed by atoms with E-state index in [0.717, 1.165) is 22.6 Å². The first kappa shape index (κ1) is 15.8. The number of nitrogens with zero attached hydrogens (tertiary/aromatic N) is 4. The Balaban J connectivity index is 1.54. The van der Waals surface area contributed by atoms with Crippen LogP contribution in [0.4, 0.5) is 5.95 Å². The van der Waals surface area contributed by atoms with Crippen LogP contribution in [0.2, 0.25) is 0 Å². The van der Waals surface area contributed by atoms with E-state index in [9.17, 15) is 4.79 Å². The Bertz CT molecular complexity index is 790. The first-order chi connectivity index (χ1) is 12.2. The molecule has 0 bridgehead atoms. The maximum absolute atomic E-state index is 12.4. The third-order valence-electron chi connectivity index (χ3n) is 4.45. The highest BCUT2D eigenvalue weighted by atomic mass is 16.5. The summed E-state index contributed by atoms with van der Waals surface area (Å²) < 4.78 is 11.0. The van der Waals surface area contributed by atoms with E-state index in [-0.39, 0.29) is 12.5 Å². The van der Waals surface area contributed by atoms with Gasteiger partial charge in [-0.15, -0.1) is 0 Å². The number of likely N-dealkylation sites (N-methyl/N-ethyl adjacent to an activating group) is 1. The van der Waals surface area contributed by atoms with Crippen molar-refractivity contribution in [2.45, 2.75) is 6.61 Å². The number of amides is 1. The van der Waals surface area contributed by atoms with Crippen molar-refractivity contribution in [3.8, 4) is 17.0 Å². The molecule has 25 heavy (non-hydrogen) atoms. The molecular formula is C18H20N4O3. The molecule has 0 N–H and O–H groups in total. The van der Waals surface area contributed by atoms with Gasteiger partial charge in [0.15, 0.2) is 0 Å². The number of carbonyl (C=O) groups is 1. The van der Waals surface area contributed by atoms with Gasteiger partial charge in [-0.25, -0.2) is 9.97 Å². The van der Waals surface area contributed by atoms with Crippen molar-refractivity contribution in [1.29, 1.82) is 0 Å². The fourth-order valence-corrected chi connectivity index (χ4v) is 3.05. The Morgan fingerprint density at radius 2 is 2.08 bits per heavy atom.